The van der Waals surface area contributed by atoms with Crippen LogP contribution in [0, 0.1) is 0 Å². The number of nitrogens with zero attached hydrogens (tertiary/aromatic N) is 4. The molecule has 2 aromatic heterocycles. The van der Waals surface area contributed by atoms with Crippen molar-refractivity contribution < 1.29 is 9.59 Å². The number of aromatic nitrogens is 4. The van der Waals surface area contributed by atoms with Crippen molar-refractivity contribution in [2.24, 2.45) is 5.73 Å². The van der Waals surface area contributed by atoms with E-state index < -0.39 is 5.25 Å². The van der Waals surface area contributed by atoms with Crippen LogP contribution in [-0.2, 0) is 22.6 Å². The number of pyridine rings is 1. The summed E-state index contributed by atoms with van der Waals surface area (Å²) < 4.78 is 1.87. The van der Waals surface area contributed by atoms with Crippen LogP contribution in [0.2, 0.25) is 5.02 Å². The molecule has 0 bridgehead atoms. The molecule has 0 saturated carbocycles. The van der Waals surface area contributed by atoms with Gasteiger partial charge in [0.1, 0.15) is 11.6 Å². The molecular formula is C15H19ClN6O2S. The van der Waals surface area contributed by atoms with Crippen molar-refractivity contribution in [3.63, 3.8) is 0 Å². The van der Waals surface area contributed by atoms with Gasteiger partial charge in [-0.25, -0.2) is 4.98 Å². The predicted molar refractivity (Wildman–Crippen MR) is 96.4 cm³/mol. The Kier molecular flexibility index (Phi) is 6.77. The minimum atomic E-state index is -0.407. The lowest BCUT2D eigenvalue weighted by molar-refractivity contribution is -0.118. The average Bonchev–Trinajstić information content (AvgIpc) is 2.96. The van der Waals surface area contributed by atoms with Gasteiger partial charge in [-0.15, -0.1) is 10.2 Å². The maximum atomic E-state index is 12.3. The largest absolute Gasteiger partial charge is 0.370 e. The number of primary amides is 1. The standard InChI is InChI=1S/C15H19ClN6O2S/c1-3-22-13(7-5-11(17)23)20-21-15(22)25-9(2)14(24)19-12-6-4-10(16)8-18-12/h4,6,8-9H,3,5,7H2,1-2H3,(H2,17,23)(H,18,19,24)/t9-/m0/s1. The molecule has 0 aliphatic heterocycles. The molecule has 10 heteroatoms. The number of aryl methyl sites for hydroxylation is 1. The van der Waals surface area contributed by atoms with Crippen LogP contribution in [0.15, 0.2) is 23.5 Å². The van der Waals surface area contributed by atoms with E-state index in [1.807, 2.05) is 11.5 Å². The fraction of sp³-hybridized carbons (Fsp3) is 0.400. The zero-order valence-electron chi connectivity index (χ0n) is 13.9. The first-order valence-electron chi connectivity index (χ1n) is 7.70. The molecule has 0 aliphatic rings. The van der Waals surface area contributed by atoms with E-state index in [2.05, 4.69) is 20.5 Å². The highest BCUT2D eigenvalue weighted by atomic mass is 35.5. The van der Waals surface area contributed by atoms with E-state index in [1.165, 1.54) is 18.0 Å². The Morgan fingerprint density at radius 1 is 1.40 bits per heavy atom. The first-order valence-corrected chi connectivity index (χ1v) is 8.96. The number of anilines is 1. The highest BCUT2D eigenvalue weighted by Crippen LogP contribution is 2.23. The molecule has 2 aromatic rings. The summed E-state index contributed by atoms with van der Waals surface area (Å²) in [5, 5.41) is 11.6. The second kappa shape index (κ2) is 8.82. The molecule has 0 saturated heterocycles. The fourth-order valence-electron chi connectivity index (χ4n) is 2.03. The molecule has 0 unspecified atom stereocenters. The lowest BCUT2D eigenvalue weighted by atomic mass is 10.3. The molecular weight excluding hydrogens is 364 g/mol. The van der Waals surface area contributed by atoms with E-state index in [-0.39, 0.29) is 18.2 Å². The molecule has 0 radical (unpaired) electrons. The molecule has 2 heterocycles. The van der Waals surface area contributed by atoms with Crippen molar-refractivity contribution in [2.45, 2.75) is 43.6 Å². The molecule has 134 valence electrons. The van der Waals surface area contributed by atoms with Gasteiger partial charge in [0.05, 0.1) is 10.3 Å². The van der Waals surface area contributed by atoms with Gasteiger partial charge in [-0.05, 0) is 26.0 Å². The Labute approximate surface area is 154 Å². The lowest BCUT2D eigenvalue weighted by Crippen LogP contribution is -2.23. The molecule has 3 N–H and O–H groups in total. The van der Waals surface area contributed by atoms with Gasteiger partial charge in [-0.2, -0.15) is 0 Å². The molecule has 25 heavy (non-hydrogen) atoms. The summed E-state index contributed by atoms with van der Waals surface area (Å²) in [7, 11) is 0. The normalized spacial score (nSPS) is 12.0. The predicted octanol–water partition coefficient (Wildman–Crippen LogP) is 1.88. The second-order valence-corrected chi connectivity index (χ2v) is 6.96. The number of nitrogens with one attached hydrogen (secondary N) is 1. The van der Waals surface area contributed by atoms with Gasteiger partial charge in [0, 0.05) is 25.6 Å². The van der Waals surface area contributed by atoms with Gasteiger partial charge in [-0.1, -0.05) is 23.4 Å². The number of carbonyl (C=O) groups is 2. The number of hydrogen-bond donors (Lipinski definition) is 2. The van der Waals surface area contributed by atoms with Crippen LogP contribution in [0.5, 0.6) is 0 Å². The molecule has 0 spiro atoms. The Morgan fingerprint density at radius 2 is 2.16 bits per heavy atom. The summed E-state index contributed by atoms with van der Waals surface area (Å²) in [6.07, 6.45) is 2.10. The number of amides is 2. The summed E-state index contributed by atoms with van der Waals surface area (Å²) in [6.45, 7) is 4.35. The number of thioether (sulfide) groups is 1. The van der Waals surface area contributed by atoms with E-state index in [1.54, 1.807) is 19.1 Å². The lowest BCUT2D eigenvalue weighted by Gasteiger charge is -2.12. The van der Waals surface area contributed by atoms with Crippen molar-refractivity contribution in [2.75, 3.05) is 5.32 Å². The molecule has 2 rings (SSSR count). The van der Waals surface area contributed by atoms with Gasteiger partial charge in [-0.3, -0.25) is 9.59 Å². The number of nitrogens with two attached hydrogens (primary N) is 1. The number of halogens is 1. The topological polar surface area (TPSA) is 116 Å². The minimum absolute atomic E-state index is 0.204. The van der Waals surface area contributed by atoms with Crippen LogP contribution < -0.4 is 11.1 Å². The van der Waals surface area contributed by atoms with Crippen LogP contribution >= 0.6 is 23.4 Å². The summed E-state index contributed by atoms with van der Waals surface area (Å²) in [5.74, 6) is 0.518. The number of rotatable bonds is 8. The van der Waals surface area contributed by atoms with Crippen molar-refractivity contribution >= 4 is 41.0 Å². The Hall–Kier alpha value is -2.13. The third-order valence-corrected chi connectivity index (χ3v) is 4.64. The van der Waals surface area contributed by atoms with Crippen LogP contribution in [0.4, 0.5) is 5.82 Å². The summed E-state index contributed by atoms with van der Waals surface area (Å²) in [4.78, 5) is 27.3. The van der Waals surface area contributed by atoms with E-state index in [4.69, 9.17) is 17.3 Å². The zero-order valence-corrected chi connectivity index (χ0v) is 15.5. The van der Waals surface area contributed by atoms with Crippen molar-refractivity contribution in [1.82, 2.24) is 19.7 Å². The van der Waals surface area contributed by atoms with Gasteiger partial charge in [0.2, 0.25) is 11.8 Å². The van der Waals surface area contributed by atoms with Crippen LogP contribution in [0.1, 0.15) is 26.1 Å². The Balaban J connectivity index is 2.01. The maximum absolute atomic E-state index is 12.3. The van der Waals surface area contributed by atoms with Crippen LogP contribution in [-0.4, -0.2) is 36.8 Å². The number of hydrogen-bond acceptors (Lipinski definition) is 6. The average molecular weight is 383 g/mol. The highest BCUT2D eigenvalue weighted by Gasteiger charge is 2.20. The Bertz CT molecular complexity index is 749. The van der Waals surface area contributed by atoms with Gasteiger partial charge < -0.3 is 15.6 Å². The quantitative estimate of drug-likeness (QED) is 0.673. The van der Waals surface area contributed by atoms with Gasteiger partial charge in [0.15, 0.2) is 5.16 Å². The highest BCUT2D eigenvalue weighted by molar-refractivity contribution is 8.00. The minimum Gasteiger partial charge on any atom is -0.370 e. The Morgan fingerprint density at radius 3 is 2.76 bits per heavy atom. The molecule has 0 aliphatic carbocycles. The van der Waals surface area contributed by atoms with Crippen molar-refractivity contribution in [3.8, 4) is 0 Å². The zero-order chi connectivity index (χ0) is 18.4. The summed E-state index contributed by atoms with van der Waals surface area (Å²) in [5.41, 5.74) is 5.17. The van der Waals surface area contributed by atoms with E-state index >= 15 is 0 Å². The number of carbonyl (C=O) groups excluding carboxylic acids is 2. The summed E-state index contributed by atoms with van der Waals surface area (Å²) >= 11 is 7.06. The van der Waals surface area contributed by atoms with Gasteiger partial charge >= 0.3 is 0 Å². The van der Waals surface area contributed by atoms with Crippen LogP contribution in [0.3, 0.4) is 0 Å². The SMILES string of the molecule is CCn1c(CCC(N)=O)nnc1S[C@@H](C)C(=O)Nc1ccc(Cl)cn1. The smallest absolute Gasteiger partial charge is 0.238 e. The summed E-state index contributed by atoms with van der Waals surface area (Å²) in [6, 6.07) is 3.29. The molecule has 0 aromatic carbocycles. The first kappa shape index (κ1) is 19.2. The van der Waals surface area contributed by atoms with E-state index in [0.29, 0.717) is 34.8 Å². The molecule has 1 atom stereocenters. The van der Waals surface area contributed by atoms with Gasteiger partial charge in [0.25, 0.3) is 0 Å². The second-order valence-electron chi connectivity index (χ2n) is 5.22. The van der Waals surface area contributed by atoms with Crippen molar-refractivity contribution in [1.29, 1.82) is 0 Å². The molecule has 8 nitrogen and oxygen atoms in total. The van der Waals surface area contributed by atoms with E-state index in [9.17, 15) is 9.59 Å². The van der Waals surface area contributed by atoms with Crippen LogP contribution in [0.25, 0.3) is 0 Å². The third kappa shape index (κ3) is 5.43. The fourth-order valence-corrected chi connectivity index (χ4v) is 3.08. The molecule has 2 amide bonds. The maximum Gasteiger partial charge on any atom is 0.238 e. The van der Waals surface area contributed by atoms with E-state index in [0.717, 1.165) is 0 Å². The first-order chi connectivity index (χ1) is 11.9. The monoisotopic (exact) mass is 382 g/mol. The molecule has 0 fully saturated rings. The van der Waals surface area contributed by atoms with Crippen molar-refractivity contribution in [3.05, 3.63) is 29.2 Å². The third-order valence-electron chi connectivity index (χ3n) is 3.33.